The zero-order chi connectivity index (χ0) is 21.3. The number of nitrogens with one attached hydrogen (secondary N) is 2. The number of hydrogen-bond donors (Lipinski definition) is 2. The lowest BCUT2D eigenvalue weighted by atomic mass is 10.1. The Bertz CT molecular complexity index is 1160. The molecule has 1 aliphatic carbocycles. The number of alkyl halides is 2. The molecule has 4 rings (SSSR count). The number of halogens is 2. The van der Waals surface area contributed by atoms with E-state index in [1.54, 1.807) is 19.3 Å². The highest BCUT2D eigenvalue weighted by Crippen LogP contribution is 2.38. The zero-order valence-electron chi connectivity index (χ0n) is 16.4. The Hall–Kier alpha value is -3.61. The fraction of sp³-hybridized carbons (Fsp3) is 0.350. The molecule has 2 N–H and O–H groups in total. The Balaban J connectivity index is 1.66. The molecule has 1 aliphatic rings. The van der Waals surface area contributed by atoms with Gasteiger partial charge in [-0.1, -0.05) is 18.8 Å². The predicted molar refractivity (Wildman–Crippen MR) is 107 cm³/mol. The number of carbonyl (C=O) groups is 1. The SMILES string of the molecule is CNc1ncc(C#Cc2cnn(CC(F)F)c2)c2cc(NC(=O)[C@H]3C[C@H]3C)nnc12. The van der Waals surface area contributed by atoms with E-state index in [0.29, 0.717) is 39.6 Å². The molecule has 154 valence electrons. The molecular formula is C20H19F2N7O. The minimum atomic E-state index is -2.49. The monoisotopic (exact) mass is 411 g/mol. The number of rotatable bonds is 5. The minimum absolute atomic E-state index is 0.0110. The molecule has 10 heteroatoms. The van der Waals surface area contributed by atoms with Crippen molar-refractivity contribution in [3.05, 3.63) is 35.8 Å². The number of aromatic nitrogens is 5. The van der Waals surface area contributed by atoms with E-state index in [2.05, 4.69) is 42.8 Å². The number of hydrogen-bond acceptors (Lipinski definition) is 6. The van der Waals surface area contributed by atoms with Crippen LogP contribution < -0.4 is 10.6 Å². The Labute approximate surface area is 171 Å². The van der Waals surface area contributed by atoms with E-state index in [1.165, 1.54) is 12.4 Å². The van der Waals surface area contributed by atoms with Gasteiger partial charge < -0.3 is 10.6 Å². The number of amides is 1. The van der Waals surface area contributed by atoms with Gasteiger partial charge in [-0.15, -0.1) is 10.2 Å². The van der Waals surface area contributed by atoms with Gasteiger partial charge in [0, 0.05) is 30.7 Å². The summed E-state index contributed by atoms with van der Waals surface area (Å²) in [7, 11) is 1.72. The maximum Gasteiger partial charge on any atom is 0.257 e. The van der Waals surface area contributed by atoms with Crippen molar-refractivity contribution in [2.24, 2.45) is 11.8 Å². The quantitative estimate of drug-likeness (QED) is 0.626. The van der Waals surface area contributed by atoms with Gasteiger partial charge in [0.15, 0.2) is 11.6 Å². The van der Waals surface area contributed by atoms with Gasteiger partial charge in [0.1, 0.15) is 12.1 Å². The van der Waals surface area contributed by atoms with Crippen LogP contribution in [0, 0.1) is 23.7 Å². The van der Waals surface area contributed by atoms with E-state index < -0.39 is 13.0 Å². The number of nitrogens with zero attached hydrogens (tertiary/aromatic N) is 5. The lowest BCUT2D eigenvalue weighted by Crippen LogP contribution is -2.16. The van der Waals surface area contributed by atoms with Crippen molar-refractivity contribution >= 4 is 28.4 Å². The fourth-order valence-corrected chi connectivity index (χ4v) is 3.09. The summed E-state index contributed by atoms with van der Waals surface area (Å²) in [5.41, 5.74) is 1.58. The predicted octanol–water partition coefficient (Wildman–Crippen LogP) is 2.52. The van der Waals surface area contributed by atoms with Crippen LogP contribution in [0.4, 0.5) is 20.4 Å². The van der Waals surface area contributed by atoms with E-state index in [1.807, 2.05) is 6.92 Å². The third kappa shape index (κ3) is 4.20. The maximum absolute atomic E-state index is 12.5. The highest BCUT2D eigenvalue weighted by molar-refractivity contribution is 5.97. The summed E-state index contributed by atoms with van der Waals surface area (Å²) in [4.78, 5) is 16.5. The van der Waals surface area contributed by atoms with Gasteiger partial charge in [-0.25, -0.2) is 13.8 Å². The van der Waals surface area contributed by atoms with Crippen LogP contribution in [0.1, 0.15) is 24.5 Å². The van der Waals surface area contributed by atoms with Gasteiger partial charge in [-0.3, -0.25) is 9.48 Å². The summed E-state index contributed by atoms with van der Waals surface area (Å²) in [6, 6.07) is 1.71. The van der Waals surface area contributed by atoms with Gasteiger partial charge in [-0.05, 0) is 18.4 Å². The molecule has 0 bridgehead atoms. The second-order valence-corrected chi connectivity index (χ2v) is 7.16. The zero-order valence-corrected chi connectivity index (χ0v) is 16.4. The molecule has 3 heterocycles. The average molecular weight is 411 g/mol. The Morgan fingerprint density at radius 3 is 2.83 bits per heavy atom. The summed E-state index contributed by atoms with van der Waals surface area (Å²) < 4.78 is 26.1. The van der Waals surface area contributed by atoms with Crippen LogP contribution in [0.2, 0.25) is 0 Å². The normalized spacial score (nSPS) is 17.5. The molecule has 3 aromatic rings. The van der Waals surface area contributed by atoms with E-state index in [9.17, 15) is 13.6 Å². The topological polar surface area (TPSA) is 97.6 Å². The van der Waals surface area contributed by atoms with Gasteiger partial charge >= 0.3 is 0 Å². The molecule has 0 saturated heterocycles. The molecule has 0 radical (unpaired) electrons. The van der Waals surface area contributed by atoms with E-state index in [0.717, 1.165) is 11.1 Å². The first kappa shape index (κ1) is 19.7. The third-order valence-corrected chi connectivity index (χ3v) is 4.87. The van der Waals surface area contributed by atoms with Crippen LogP contribution in [0.25, 0.3) is 10.9 Å². The average Bonchev–Trinajstić information content (AvgIpc) is 3.29. The summed E-state index contributed by atoms with van der Waals surface area (Å²) in [5.74, 6) is 7.08. The van der Waals surface area contributed by atoms with E-state index in [-0.39, 0.29) is 11.8 Å². The van der Waals surface area contributed by atoms with Crippen molar-refractivity contribution in [2.75, 3.05) is 17.7 Å². The van der Waals surface area contributed by atoms with Gasteiger partial charge in [0.25, 0.3) is 6.43 Å². The second kappa shape index (κ2) is 8.02. The van der Waals surface area contributed by atoms with Crippen molar-refractivity contribution in [1.82, 2.24) is 25.0 Å². The molecule has 1 saturated carbocycles. The largest absolute Gasteiger partial charge is 0.371 e. The van der Waals surface area contributed by atoms with Crippen LogP contribution in [-0.2, 0) is 11.3 Å². The van der Waals surface area contributed by atoms with Crippen LogP contribution in [0.5, 0.6) is 0 Å². The molecule has 2 atom stereocenters. The highest BCUT2D eigenvalue weighted by Gasteiger charge is 2.39. The number of carbonyl (C=O) groups excluding carboxylic acids is 1. The third-order valence-electron chi connectivity index (χ3n) is 4.87. The summed E-state index contributed by atoms with van der Waals surface area (Å²) in [6.45, 7) is 1.54. The van der Waals surface area contributed by atoms with Crippen molar-refractivity contribution in [1.29, 1.82) is 0 Å². The van der Waals surface area contributed by atoms with Crippen LogP contribution in [0.3, 0.4) is 0 Å². The Morgan fingerprint density at radius 2 is 2.13 bits per heavy atom. The van der Waals surface area contributed by atoms with Crippen LogP contribution in [-0.4, -0.2) is 44.3 Å². The molecular weight excluding hydrogens is 392 g/mol. The second-order valence-electron chi connectivity index (χ2n) is 7.16. The lowest BCUT2D eigenvalue weighted by molar-refractivity contribution is -0.117. The smallest absolute Gasteiger partial charge is 0.257 e. The first-order chi connectivity index (χ1) is 14.4. The molecule has 0 aromatic carbocycles. The molecule has 0 spiro atoms. The molecule has 30 heavy (non-hydrogen) atoms. The molecule has 1 amide bonds. The maximum atomic E-state index is 12.5. The number of pyridine rings is 1. The first-order valence-corrected chi connectivity index (χ1v) is 9.42. The number of anilines is 2. The summed E-state index contributed by atoms with van der Waals surface area (Å²) in [6.07, 6.45) is 2.85. The molecule has 0 aliphatic heterocycles. The molecule has 1 fully saturated rings. The van der Waals surface area contributed by atoms with E-state index >= 15 is 0 Å². The minimum Gasteiger partial charge on any atom is -0.371 e. The van der Waals surface area contributed by atoms with Gasteiger partial charge in [-0.2, -0.15) is 5.10 Å². The standard InChI is InChI=1S/C20H19F2N7O/c1-11-5-14(11)20(30)26-17-6-15-13(8-24-19(23-2)18(15)28-27-17)4-3-12-7-25-29(9-12)10-16(21)22/h6-9,11,14,16H,5,10H2,1-2H3,(H,23,24)(H,26,27,30)/t11-,14+/m1/s1. The van der Waals surface area contributed by atoms with Crippen molar-refractivity contribution in [3.8, 4) is 11.8 Å². The van der Waals surface area contributed by atoms with Crippen LogP contribution >= 0.6 is 0 Å². The van der Waals surface area contributed by atoms with Gasteiger partial charge in [0.05, 0.1) is 17.3 Å². The summed E-state index contributed by atoms with van der Waals surface area (Å²) in [5, 5.41) is 18.6. The van der Waals surface area contributed by atoms with Crippen molar-refractivity contribution in [3.63, 3.8) is 0 Å². The highest BCUT2D eigenvalue weighted by atomic mass is 19.3. The summed E-state index contributed by atoms with van der Waals surface area (Å²) >= 11 is 0. The van der Waals surface area contributed by atoms with Crippen molar-refractivity contribution in [2.45, 2.75) is 26.3 Å². The molecule has 0 unspecified atom stereocenters. The first-order valence-electron chi connectivity index (χ1n) is 9.42. The molecule has 8 nitrogen and oxygen atoms in total. The molecule has 3 aromatic heterocycles. The fourth-order valence-electron chi connectivity index (χ4n) is 3.09. The Morgan fingerprint density at radius 1 is 1.33 bits per heavy atom. The number of fused-ring (bicyclic) bond motifs is 1. The van der Waals surface area contributed by atoms with Gasteiger partial charge in [0.2, 0.25) is 5.91 Å². The lowest BCUT2D eigenvalue weighted by Gasteiger charge is -2.08. The van der Waals surface area contributed by atoms with Crippen LogP contribution in [0.15, 0.2) is 24.7 Å². The Kier molecular flexibility index (Phi) is 5.27. The van der Waals surface area contributed by atoms with Crippen molar-refractivity contribution < 1.29 is 13.6 Å². The van der Waals surface area contributed by atoms with E-state index in [4.69, 9.17) is 0 Å².